The van der Waals surface area contributed by atoms with E-state index in [1.165, 1.54) is 4.90 Å². The first kappa shape index (κ1) is 26.0. The molecule has 4 aromatic rings. The SMILES string of the molecule is O=C(COc1nc(-c2cnn3ccccc23)nc(N[C@@H]2CCCN(C(=O)CO)C2)c1F)OCc1ccccc1. The van der Waals surface area contributed by atoms with Crippen LogP contribution in [0.4, 0.5) is 10.2 Å². The number of carbonyl (C=O) groups excluding carboxylic acids is 2. The number of carbonyl (C=O) groups is 2. The number of aliphatic hydroxyl groups is 1. The standard InChI is InChI=1S/C27H27FN6O5/c28-24-26(30-19-9-6-11-33(14-19)22(36)15-35)31-25(20-13-29-34-12-5-4-10-21(20)34)32-27(24)39-17-23(37)38-16-18-7-2-1-3-8-18/h1-5,7-8,10,12-13,19,35H,6,9,11,14-17H2,(H,30,31,32)/t19-/m1/s1. The van der Waals surface area contributed by atoms with E-state index >= 15 is 4.39 Å². The minimum absolute atomic E-state index is 0.0560. The lowest BCUT2D eigenvalue weighted by molar-refractivity contribution is -0.147. The van der Waals surface area contributed by atoms with Crippen molar-refractivity contribution in [1.29, 1.82) is 0 Å². The number of likely N-dealkylation sites (tertiary alicyclic amines) is 1. The van der Waals surface area contributed by atoms with E-state index in [2.05, 4.69) is 20.4 Å². The van der Waals surface area contributed by atoms with Crippen LogP contribution in [0.15, 0.2) is 60.9 Å². The molecule has 5 rings (SSSR count). The Morgan fingerprint density at radius 2 is 1.95 bits per heavy atom. The zero-order valence-corrected chi connectivity index (χ0v) is 21.0. The molecule has 1 aromatic carbocycles. The summed E-state index contributed by atoms with van der Waals surface area (Å²) >= 11 is 0. The maximum absolute atomic E-state index is 15.6. The molecule has 11 nitrogen and oxygen atoms in total. The molecule has 1 amide bonds. The van der Waals surface area contributed by atoms with Crippen LogP contribution in [0.1, 0.15) is 18.4 Å². The van der Waals surface area contributed by atoms with Crippen LogP contribution in [0.3, 0.4) is 0 Å². The molecule has 4 heterocycles. The van der Waals surface area contributed by atoms with Crippen LogP contribution in [-0.2, 0) is 20.9 Å². The Morgan fingerprint density at radius 1 is 1.13 bits per heavy atom. The van der Waals surface area contributed by atoms with E-state index in [-0.39, 0.29) is 30.8 Å². The number of esters is 1. The fourth-order valence-corrected chi connectivity index (χ4v) is 4.37. The number of pyridine rings is 1. The third-order valence-electron chi connectivity index (χ3n) is 6.31. The number of piperidine rings is 1. The number of halogens is 1. The molecule has 1 atom stereocenters. The number of rotatable bonds is 9. The van der Waals surface area contributed by atoms with E-state index in [0.29, 0.717) is 30.5 Å². The van der Waals surface area contributed by atoms with Crippen LogP contribution >= 0.6 is 0 Å². The van der Waals surface area contributed by atoms with Gasteiger partial charge in [-0.15, -0.1) is 0 Å². The van der Waals surface area contributed by atoms with Crippen LogP contribution < -0.4 is 10.1 Å². The number of hydrogen-bond acceptors (Lipinski definition) is 9. The van der Waals surface area contributed by atoms with Crippen molar-refractivity contribution in [2.75, 3.05) is 31.6 Å². The van der Waals surface area contributed by atoms with Gasteiger partial charge >= 0.3 is 5.97 Å². The largest absolute Gasteiger partial charge is 0.463 e. The van der Waals surface area contributed by atoms with Gasteiger partial charge in [-0.2, -0.15) is 14.5 Å². The Morgan fingerprint density at radius 3 is 2.77 bits per heavy atom. The Hall–Kier alpha value is -4.58. The van der Waals surface area contributed by atoms with E-state index in [1.54, 1.807) is 16.9 Å². The Labute approximate surface area is 223 Å². The molecule has 3 aromatic heterocycles. The van der Waals surface area contributed by atoms with Crippen molar-refractivity contribution in [3.8, 4) is 17.3 Å². The minimum Gasteiger partial charge on any atom is -0.463 e. The van der Waals surface area contributed by atoms with Gasteiger partial charge in [0.25, 0.3) is 5.88 Å². The number of fused-ring (bicyclic) bond motifs is 1. The lowest BCUT2D eigenvalue weighted by atomic mass is 10.1. The van der Waals surface area contributed by atoms with E-state index in [9.17, 15) is 14.7 Å². The number of aromatic nitrogens is 4. The summed E-state index contributed by atoms with van der Waals surface area (Å²) in [5.74, 6) is -2.37. The van der Waals surface area contributed by atoms with Gasteiger partial charge in [-0.25, -0.2) is 14.3 Å². The fraction of sp³-hybridized carbons (Fsp3) is 0.296. The number of aliphatic hydroxyl groups excluding tert-OH is 1. The summed E-state index contributed by atoms with van der Waals surface area (Å²) in [6.07, 6.45) is 4.66. The first-order chi connectivity index (χ1) is 19.0. The summed E-state index contributed by atoms with van der Waals surface area (Å²) in [6, 6.07) is 14.3. The molecule has 0 spiro atoms. The number of ether oxygens (including phenoxy) is 2. The summed E-state index contributed by atoms with van der Waals surface area (Å²) in [6.45, 7) is -0.309. The maximum atomic E-state index is 15.6. The number of nitrogens with zero attached hydrogens (tertiary/aromatic N) is 5. The Balaban J connectivity index is 1.39. The molecule has 1 saturated heterocycles. The van der Waals surface area contributed by atoms with Crippen molar-refractivity contribution in [2.24, 2.45) is 0 Å². The van der Waals surface area contributed by atoms with Gasteiger partial charge < -0.3 is 24.8 Å². The van der Waals surface area contributed by atoms with E-state index < -0.39 is 36.8 Å². The van der Waals surface area contributed by atoms with Gasteiger partial charge in [-0.05, 0) is 30.5 Å². The topological polar surface area (TPSA) is 131 Å². The molecule has 0 radical (unpaired) electrons. The first-order valence-corrected chi connectivity index (χ1v) is 12.5. The van der Waals surface area contributed by atoms with Gasteiger partial charge in [0.1, 0.15) is 13.2 Å². The van der Waals surface area contributed by atoms with Crippen LogP contribution in [0.5, 0.6) is 5.88 Å². The molecule has 0 saturated carbocycles. The van der Waals surface area contributed by atoms with Crippen molar-refractivity contribution in [3.05, 3.63) is 72.3 Å². The highest BCUT2D eigenvalue weighted by Crippen LogP contribution is 2.29. The monoisotopic (exact) mass is 534 g/mol. The van der Waals surface area contributed by atoms with Gasteiger partial charge in [0, 0.05) is 25.3 Å². The number of nitrogens with one attached hydrogen (secondary N) is 1. The Bertz CT molecular complexity index is 1460. The zero-order valence-electron chi connectivity index (χ0n) is 21.0. The highest BCUT2D eigenvalue weighted by atomic mass is 19.1. The van der Waals surface area contributed by atoms with Gasteiger partial charge in [-0.1, -0.05) is 36.4 Å². The highest BCUT2D eigenvalue weighted by molar-refractivity contribution is 5.78. The van der Waals surface area contributed by atoms with Gasteiger partial charge in [0.2, 0.25) is 11.7 Å². The van der Waals surface area contributed by atoms with E-state index in [4.69, 9.17) is 9.47 Å². The van der Waals surface area contributed by atoms with Crippen LogP contribution in [-0.4, -0.2) is 73.8 Å². The molecule has 12 heteroatoms. The van der Waals surface area contributed by atoms with Gasteiger partial charge in [0.15, 0.2) is 18.2 Å². The average Bonchev–Trinajstić information content (AvgIpc) is 3.41. The predicted molar refractivity (Wildman–Crippen MR) is 138 cm³/mol. The summed E-state index contributed by atoms with van der Waals surface area (Å²) in [5.41, 5.74) is 2.04. The molecule has 1 aliphatic heterocycles. The number of anilines is 1. The molecule has 0 unspecified atom stereocenters. The molecule has 1 aliphatic rings. The minimum atomic E-state index is -0.878. The summed E-state index contributed by atoms with van der Waals surface area (Å²) in [4.78, 5) is 34.5. The number of benzene rings is 1. The normalized spacial score (nSPS) is 15.2. The molecular formula is C27H27FN6O5. The van der Waals surface area contributed by atoms with Crippen LogP contribution in [0.2, 0.25) is 0 Å². The second kappa shape index (κ2) is 11.9. The summed E-state index contributed by atoms with van der Waals surface area (Å²) in [5, 5.41) is 16.6. The van der Waals surface area contributed by atoms with Crippen molar-refractivity contribution in [1.82, 2.24) is 24.5 Å². The quantitative estimate of drug-likeness (QED) is 0.311. The third-order valence-corrected chi connectivity index (χ3v) is 6.31. The summed E-state index contributed by atoms with van der Waals surface area (Å²) in [7, 11) is 0. The van der Waals surface area contributed by atoms with Gasteiger partial charge in [-0.3, -0.25) is 4.79 Å². The van der Waals surface area contributed by atoms with E-state index in [1.807, 2.05) is 48.5 Å². The number of hydrogen-bond donors (Lipinski definition) is 2. The first-order valence-electron chi connectivity index (χ1n) is 12.5. The molecular weight excluding hydrogens is 507 g/mol. The Kier molecular flexibility index (Phi) is 7.92. The van der Waals surface area contributed by atoms with Crippen molar-refractivity contribution in [3.63, 3.8) is 0 Å². The van der Waals surface area contributed by atoms with Crippen LogP contribution in [0, 0.1) is 5.82 Å². The summed E-state index contributed by atoms with van der Waals surface area (Å²) < 4.78 is 27.9. The fourth-order valence-electron chi connectivity index (χ4n) is 4.37. The molecule has 2 N–H and O–H groups in total. The van der Waals surface area contributed by atoms with Crippen molar-refractivity contribution in [2.45, 2.75) is 25.5 Å². The molecule has 202 valence electrons. The lowest BCUT2D eigenvalue weighted by Gasteiger charge is -2.33. The van der Waals surface area contributed by atoms with Crippen molar-refractivity contribution >= 4 is 23.2 Å². The lowest BCUT2D eigenvalue weighted by Crippen LogP contribution is -2.46. The molecule has 0 aliphatic carbocycles. The predicted octanol–water partition coefficient (Wildman–Crippen LogP) is 2.45. The maximum Gasteiger partial charge on any atom is 0.344 e. The average molecular weight is 535 g/mol. The van der Waals surface area contributed by atoms with Gasteiger partial charge in [0.05, 0.1) is 17.3 Å². The van der Waals surface area contributed by atoms with E-state index in [0.717, 1.165) is 5.56 Å². The van der Waals surface area contributed by atoms with Crippen molar-refractivity contribution < 1.29 is 28.6 Å². The smallest absolute Gasteiger partial charge is 0.344 e. The number of amides is 1. The second-order valence-corrected chi connectivity index (χ2v) is 9.02. The zero-order chi connectivity index (χ0) is 27.2. The highest BCUT2D eigenvalue weighted by Gasteiger charge is 2.26. The molecule has 39 heavy (non-hydrogen) atoms. The third kappa shape index (κ3) is 6.12. The molecule has 1 fully saturated rings. The molecule has 0 bridgehead atoms. The van der Waals surface area contributed by atoms with Crippen LogP contribution in [0.25, 0.3) is 16.9 Å². The second-order valence-electron chi connectivity index (χ2n) is 9.02.